The first kappa shape index (κ1) is 10.7. The summed E-state index contributed by atoms with van der Waals surface area (Å²) in [5.41, 5.74) is -3.15. The third kappa shape index (κ3) is 1.32. The zero-order chi connectivity index (χ0) is 9.94. The minimum Gasteiger partial charge on any atom is -0.480 e. The van der Waals surface area contributed by atoms with Gasteiger partial charge in [0.05, 0.1) is 0 Å². The van der Waals surface area contributed by atoms with Crippen LogP contribution in [0, 0.1) is 5.41 Å². The molecule has 1 N–H and O–H groups in total. The van der Waals surface area contributed by atoms with Crippen molar-refractivity contribution < 1.29 is 28.3 Å². The minimum absolute atomic E-state index is 0.743. The van der Waals surface area contributed by atoms with Gasteiger partial charge in [0.2, 0.25) is 5.41 Å². The van der Waals surface area contributed by atoms with Crippen LogP contribution in [0.15, 0.2) is 0 Å². The van der Waals surface area contributed by atoms with Crippen molar-refractivity contribution >= 4 is 18.0 Å². The second-order valence-electron chi connectivity index (χ2n) is 2.11. The molecule has 0 rings (SSSR count). The van der Waals surface area contributed by atoms with E-state index in [4.69, 9.17) is 5.11 Å². The zero-order valence-corrected chi connectivity index (χ0v) is 6.13. The summed E-state index contributed by atoms with van der Waals surface area (Å²) in [6.07, 6.45) is -0.743. The Bertz CT molecular complexity index is 200. The second kappa shape index (κ2) is 3.38. The topological polar surface area (TPSA) is 71.4 Å². The van der Waals surface area contributed by atoms with Crippen molar-refractivity contribution in [1.29, 1.82) is 0 Å². The van der Waals surface area contributed by atoms with Crippen molar-refractivity contribution in [2.45, 2.75) is 13.3 Å². The number of aliphatic carboxylic acids is 1. The number of hydrogen-bond acceptors (Lipinski definition) is 3. The summed E-state index contributed by atoms with van der Waals surface area (Å²) in [4.78, 5) is 30.4. The highest BCUT2D eigenvalue weighted by molar-refractivity contribution is 6.16. The normalized spacial score (nSPS) is 10.9. The smallest absolute Gasteiger partial charge is 0.330 e. The fraction of sp³-hybridized carbons (Fsp3) is 0.500. The predicted molar refractivity (Wildman–Crippen MR) is 32.6 cm³/mol. The first-order valence-corrected chi connectivity index (χ1v) is 3.02. The fourth-order valence-electron chi connectivity index (χ4n) is 0.675. The lowest BCUT2D eigenvalue weighted by Crippen LogP contribution is -2.42. The molecule has 0 radical (unpaired) electrons. The van der Waals surface area contributed by atoms with Crippen LogP contribution in [0.5, 0.6) is 0 Å². The molecule has 4 nitrogen and oxygen atoms in total. The molecule has 0 atom stereocenters. The van der Waals surface area contributed by atoms with Crippen LogP contribution in [0.3, 0.4) is 0 Å². The van der Waals surface area contributed by atoms with E-state index in [1.165, 1.54) is 0 Å². The maximum absolute atomic E-state index is 12.0. The predicted octanol–water partition coefficient (Wildman–Crippen LogP) is 0.460. The summed E-state index contributed by atoms with van der Waals surface area (Å²) >= 11 is 0. The monoisotopic (exact) mass is 180 g/mol. The van der Waals surface area contributed by atoms with Crippen molar-refractivity contribution in [3.63, 3.8) is 0 Å². The summed E-state index contributed by atoms with van der Waals surface area (Å²) in [7, 11) is 0. The maximum Gasteiger partial charge on any atom is 0.330 e. The van der Waals surface area contributed by atoms with Crippen LogP contribution >= 0.6 is 0 Å². The molecule has 0 spiro atoms. The fourth-order valence-corrected chi connectivity index (χ4v) is 0.675. The number of rotatable bonds is 4. The van der Waals surface area contributed by atoms with E-state index >= 15 is 0 Å². The zero-order valence-electron chi connectivity index (χ0n) is 6.13. The van der Waals surface area contributed by atoms with E-state index in [2.05, 4.69) is 0 Å². The highest BCUT2D eigenvalue weighted by atomic mass is 19.1. The summed E-state index contributed by atoms with van der Waals surface area (Å²) in [5.74, 6) is -2.11. The number of carboxylic acids is 1. The molecule has 0 unspecified atom stereocenters. The van der Waals surface area contributed by atoms with Gasteiger partial charge in [-0.3, -0.25) is 14.4 Å². The van der Waals surface area contributed by atoms with Crippen LogP contribution < -0.4 is 0 Å². The molecule has 6 heteroatoms. The van der Waals surface area contributed by atoms with Crippen molar-refractivity contribution in [2.75, 3.05) is 0 Å². The molecule has 0 fully saturated rings. The first-order valence-electron chi connectivity index (χ1n) is 3.02. The Balaban J connectivity index is 5.19. The molecule has 0 aliphatic rings. The highest BCUT2D eigenvalue weighted by Gasteiger charge is 2.53. The van der Waals surface area contributed by atoms with Gasteiger partial charge in [-0.2, -0.15) is 8.78 Å². The molecule has 0 saturated carbocycles. The van der Waals surface area contributed by atoms with Crippen LogP contribution in [-0.2, 0) is 14.4 Å². The van der Waals surface area contributed by atoms with E-state index in [1.54, 1.807) is 0 Å². The van der Waals surface area contributed by atoms with Crippen molar-refractivity contribution in [2.24, 2.45) is 5.41 Å². The van der Waals surface area contributed by atoms with Gasteiger partial charge in [-0.1, -0.05) is 6.92 Å². The highest BCUT2D eigenvalue weighted by Crippen LogP contribution is 2.26. The lowest BCUT2D eigenvalue weighted by Gasteiger charge is -2.15. The SMILES string of the molecule is CCC(C(=O)O)(C(=O)F)C(=O)F. The Morgan fingerprint density at radius 2 is 1.58 bits per heavy atom. The van der Waals surface area contributed by atoms with E-state index in [-0.39, 0.29) is 0 Å². The van der Waals surface area contributed by atoms with Crippen molar-refractivity contribution in [3.8, 4) is 0 Å². The molecule has 12 heavy (non-hydrogen) atoms. The van der Waals surface area contributed by atoms with E-state index in [1.807, 2.05) is 0 Å². The molecule has 0 aliphatic carbocycles. The van der Waals surface area contributed by atoms with Gasteiger partial charge in [-0.05, 0) is 6.42 Å². The summed E-state index contributed by atoms with van der Waals surface area (Å²) in [6, 6.07) is -4.96. The molecule has 0 aromatic rings. The quantitative estimate of drug-likeness (QED) is 0.503. The molecule has 0 amide bonds. The molecular formula is C6H6F2O4. The van der Waals surface area contributed by atoms with Gasteiger partial charge in [-0.25, -0.2) is 0 Å². The van der Waals surface area contributed by atoms with Gasteiger partial charge >= 0.3 is 18.0 Å². The van der Waals surface area contributed by atoms with E-state index in [0.29, 0.717) is 0 Å². The standard InChI is InChI=1S/C6H6F2O4/c1-2-6(3(7)9,4(8)10)5(11)12/h2H2,1H3,(H,11,12). The molecule has 0 aromatic heterocycles. The number of carbonyl (C=O) groups excluding carboxylic acids is 2. The third-order valence-corrected chi connectivity index (χ3v) is 1.57. The van der Waals surface area contributed by atoms with Crippen molar-refractivity contribution in [1.82, 2.24) is 0 Å². The number of halogens is 2. The van der Waals surface area contributed by atoms with E-state index in [9.17, 15) is 23.2 Å². The number of carboxylic acid groups (broad SMARTS) is 1. The lowest BCUT2D eigenvalue weighted by atomic mass is 9.87. The Hall–Kier alpha value is -1.33. The van der Waals surface area contributed by atoms with Gasteiger partial charge in [0.15, 0.2) is 0 Å². The summed E-state index contributed by atoms with van der Waals surface area (Å²) in [5, 5.41) is 8.24. The van der Waals surface area contributed by atoms with E-state index in [0.717, 1.165) is 6.92 Å². The average Bonchev–Trinajstić information content (AvgIpc) is 1.86. The molecule has 0 bridgehead atoms. The Labute approximate surface area is 66.2 Å². The Morgan fingerprint density at radius 3 is 1.58 bits per heavy atom. The maximum atomic E-state index is 12.0. The van der Waals surface area contributed by atoms with Gasteiger partial charge in [0.25, 0.3) is 0 Å². The van der Waals surface area contributed by atoms with Gasteiger partial charge in [0, 0.05) is 0 Å². The van der Waals surface area contributed by atoms with Gasteiger partial charge in [0.1, 0.15) is 0 Å². The third-order valence-electron chi connectivity index (χ3n) is 1.57. The molecule has 0 heterocycles. The van der Waals surface area contributed by atoms with Crippen LogP contribution in [-0.4, -0.2) is 23.1 Å². The van der Waals surface area contributed by atoms with Crippen molar-refractivity contribution in [3.05, 3.63) is 0 Å². The molecule has 0 aromatic carbocycles. The molecular weight excluding hydrogens is 174 g/mol. The Kier molecular flexibility index (Phi) is 3.00. The Morgan fingerprint density at radius 1 is 1.25 bits per heavy atom. The van der Waals surface area contributed by atoms with Crippen LogP contribution in [0.1, 0.15) is 13.3 Å². The van der Waals surface area contributed by atoms with Crippen LogP contribution in [0.25, 0.3) is 0 Å². The minimum atomic E-state index is -3.15. The lowest BCUT2D eigenvalue weighted by molar-refractivity contribution is -0.168. The number of carbonyl (C=O) groups is 3. The first-order chi connectivity index (χ1) is 5.39. The van der Waals surface area contributed by atoms with Crippen LogP contribution in [0.2, 0.25) is 0 Å². The summed E-state index contributed by atoms with van der Waals surface area (Å²) in [6.45, 7) is 1.03. The van der Waals surface area contributed by atoms with E-state index < -0.39 is 29.9 Å². The van der Waals surface area contributed by atoms with Crippen LogP contribution in [0.4, 0.5) is 8.78 Å². The number of hydrogen-bond donors (Lipinski definition) is 1. The molecule has 68 valence electrons. The van der Waals surface area contributed by atoms with Gasteiger partial charge < -0.3 is 5.11 Å². The van der Waals surface area contributed by atoms with Gasteiger partial charge in [-0.15, -0.1) is 0 Å². The largest absolute Gasteiger partial charge is 0.480 e. The average molecular weight is 180 g/mol. The summed E-state index contributed by atoms with van der Waals surface area (Å²) < 4.78 is 24.1. The molecule has 0 aliphatic heterocycles. The second-order valence-corrected chi connectivity index (χ2v) is 2.11. The molecule has 0 saturated heterocycles.